The highest BCUT2D eigenvalue weighted by molar-refractivity contribution is 5.84. The summed E-state index contributed by atoms with van der Waals surface area (Å²) in [6.07, 6.45) is 2.43. The Hall–Kier alpha value is -2.09. The largest absolute Gasteiger partial charge is 0.411 e. The summed E-state index contributed by atoms with van der Waals surface area (Å²) in [5.41, 5.74) is 6.24. The molecule has 0 amide bonds. The van der Waals surface area contributed by atoms with Crippen LogP contribution in [0.1, 0.15) is 16.7 Å². The Balaban J connectivity index is 2.14. The molecule has 0 saturated carbocycles. The van der Waals surface area contributed by atoms with Gasteiger partial charge in [0, 0.05) is 0 Å². The maximum atomic E-state index is 8.51. The molecule has 0 saturated heterocycles. The molecule has 78 valence electrons. The first-order chi connectivity index (χ1) is 7.88. The summed E-state index contributed by atoms with van der Waals surface area (Å²) in [4.78, 5) is 0. The summed E-state index contributed by atoms with van der Waals surface area (Å²) >= 11 is 0. The van der Waals surface area contributed by atoms with Crippen molar-refractivity contribution < 1.29 is 5.21 Å². The highest BCUT2D eigenvalue weighted by Crippen LogP contribution is 2.36. The van der Waals surface area contributed by atoms with Gasteiger partial charge in [-0.15, -0.1) is 0 Å². The summed E-state index contributed by atoms with van der Waals surface area (Å²) < 4.78 is 0. The van der Waals surface area contributed by atoms with Gasteiger partial charge >= 0.3 is 0 Å². The van der Waals surface area contributed by atoms with E-state index in [4.69, 9.17) is 5.21 Å². The van der Waals surface area contributed by atoms with Crippen LogP contribution >= 0.6 is 0 Å². The maximum absolute atomic E-state index is 8.51. The summed E-state index contributed by atoms with van der Waals surface area (Å²) in [6, 6.07) is 14.6. The van der Waals surface area contributed by atoms with E-state index in [-0.39, 0.29) is 0 Å². The number of hydrogen-bond donors (Lipinski definition) is 1. The number of nitrogens with zero attached hydrogens (tertiary/aromatic N) is 1. The van der Waals surface area contributed by atoms with Crippen LogP contribution in [0.4, 0.5) is 0 Å². The molecule has 1 aliphatic rings. The molecule has 3 rings (SSSR count). The number of fused-ring (bicyclic) bond motifs is 3. The van der Waals surface area contributed by atoms with Crippen molar-refractivity contribution >= 4 is 6.21 Å². The minimum Gasteiger partial charge on any atom is -0.411 e. The molecule has 0 atom stereocenters. The van der Waals surface area contributed by atoms with Crippen molar-refractivity contribution in [2.75, 3.05) is 0 Å². The van der Waals surface area contributed by atoms with Gasteiger partial charge in [-0.05, 0) is 40.3 Å². The van der Waals surface area contributed by atoms with E-state index >= 15 is 0 Å². The van der Waals surface area contributed by atoms with Gasteiger partial charge in [0.15, 0.2) is 0 Å². The Bertz CT molecular complexity index is 573. The number of oxime groups is 1. The van der Waals surface area contributed by atoms with E-state index in [1.807, 2.05) is 6.07 Å². The van der Waals surface area contributed by atoms with Gasteiger partial charge in [-0.2, -0.15) is 0 Å². The molecule has 16 heavy (non-hydrogen) atoms. The Morgan fingerprint density at radius 2 is 1.81 bits per heavy atom. The lowest BCUT2D eigenvalue weighted by molar-refractivity contribution is 0.322. The van der Waals surface area contributed by atoms with Crippen LogP contribution in [-0.4, -0.2) is 11.4 Å². The van der Waals surface area contributed by atoms with Gasteiger partial charge in [0.1, 0.15) is 0 Å². The van der Waals surface area contributed by atoms with E-state index in [2.05, 4.69) is 41.6 Å². The van der Waals surface area contributed by atoms with Gasteiger partial charge in [-0.25, -0.2) is 0 Å². The van der Waals surface area contributed by atoms with Gasteiger partial charge in [0.05, 0.1) is 6.21 Å². The Morgan fingerprint density at radius 3 is 2.69 bits per heavy atom. The fraction of sp³-hybridized carbons (Fsp3) is 0.0714. The van der Waals surface area contributed by atoms with E-state index in [1.54, 1.807) is 0 Å². The third-order valence-electron chi connectivity index (χ3n) is 3.02. The molecular formula is C14H11NO. The zero-order chi connectivity index (χ0) is 11.0. The maximum Gasteiger partial charge on any atom is 0.0733 e. The van der Waals surface area contributed by atoms with Crippen molar-refractivity contribution in [3.8, 4) is 11.1 Å². The Morgan fingerprint density at radius 1 is 1.00 bits per heavy atom. The molecule has 2 nitrogen and oxygen atoms in total. The predicted molar refractivity (Wildman–Crippen MR) is 64.1 cm³/mol. The topological polar surface area (TPSA) is 32.6 Å². The lowest BCUT2D eigenvalue weighted by Crippen LogP contribution is -1.85. The predicted octanol–water partition coefficient (Wildman–Crippen LogP) is 3.07. The van der Waals surface area contributed by atoms with Crippen LogP contribution in [0.15, 0.2) is 47.6 Å². The summed E-state index contributed by atoms with van der Waals surface area (Å²) in [5, 5.41) is 11.6. The fourth-order valence-electron chi connectivity index (χ4n) is 2.31. The fourth-order valence-corrected chi connectivity index (χ4v) is 2.31. The second kappa shape index (κ2) is 3.49. The SMILES string of the molecule is O/N=C\c1ccc2c(c1)Cc1ccccc1-2. The first-order valence-corrected chi connectivity index (χ1v) is 5.27. The zero-order valence-electron chi connectivity index (χ0n) is 8.72. The third kappa shape index (κ3) is 1.31. The monoisotopic (exact) mass is 209 g/mol. The normalized spacial score (nSPS) is 12.8. The van der Waals surface area contributed by atoms with Crippen LogP contribution in [-0.2, 0) is 6.42 Å². The minimum atomic E-state index is 0.939. The molecule has 1 aliphatic carbocycles. The molecule has 2 aromatic rings. The van der Waals surface area contributed by atoms with E-state index in [0.717, 1.165) is 12.0 Å². The molecular weight excluding hydrogens is 198 g/mol. The quantitative estimate of drug-likeness (QED) is 0.373. The summed E-state index contributed by atoms with van der Waals surface area (Å²) in [6.45, 7) is 0. The van der Waals surface area contributed by atoms with Crippen LogP contribution in [0.2, 0.25) is 0 Å². The van der Waals surface area contributed by atoms with E-state index in [1.165, 1.54) is 28.5 Å². The van der Waals surface area contributed by atoms with Crippen molar-refractivity contribution in [1.29, 1.82) is 0 Å². The highest BCUT2D eigenvalue weighted by Gasteiger charge is 2.17. The third-order valence-corrected chi connectivity index (χ3v) is 3.02. The highest BCUT2D eigenvalue weighted by atomic mass is 16.4. The molecule has 0 unspecified atom stereocenters. The van der Waals surface area contributed by atoms with Crippen molar-refractivity contribution in [2.24, 2.45) is 5.16 Å². The van der Waals surface area contributed by atoms with Crippen LogP contribution in [0.5, 0.6) is 0 Å². The molecule has 2 aromatic carbocycles. The van der Waals surface area contributed by atoms with E-state index < -0.39 is 0 Å². The standard InChI is InChI=1S/C14H11NO/c16-15-9-10-5-6-14-12(7-10)8-11-3-1-2-4-13(11)14/h1-7,9,16H,8H2/b15-9-. The van der Waals surface area contributed by atoms with Crippen molar-refractivity contribution in [1.82, 2.24) is 0 Å². The number of hydrogen-bond acceptors (Lipinski definition) is 2. The van der Waals surface area contributed by atoms with Gasteiger partial charge in [0.25, 0.3) is 0 Å². The molecule has 0 spiro atoms. The van der Waals surface area contributed by atoms with Gasteiger partial charge in [-0.1, -0.05) is 41.6 Å². The van der Waals surface area contributed by atoms with Crippen molar-refractivity contribution in [2.45, 2.75) is 6.42 Å². The second-order valence-electron chi connectivity index (χ2n) is 4.00. The average molecular weight is 209 g/mol. The molecule has 2 heteroatoms. The van der Waals surface area contributed by atoms with Crippen LogP contribution in [0.3, 0.4) is 0 Å². The molecule has 0 bridgehead atoms. The van der Waals surface area contributed by atoms with Crippen LogP contribution < -0.4 is 0 Å². The minimum absolute atomic E-state index is 0.939. The molecule has 0 aromatic heterocycles. The Kier molecular flexibility index (Phi) is 2.00. The van der Waals surface area contributed by atoms with Gasteiger partial charge in [-0.3, -0.25) is 0 Å². The lowest BCUT2D eigenvalue weighted by atomic mass is 10.0. The van der Waals surface area contributed by atoms with Crippen molar-refractivity contribution in [3.63, 3.8) is 0 Å². The zero-order valence-corrected chi connectivity index (χ0v) is 8.72. The van der Waals surface area contributed by atoms with Crippen LogP contribution in [0.25, 0.3) is 11.1 Å². The smallest absolute Gasteiger partial charge is 0.0733 e. The van der Waals surface area contributed by atoms with Crippen molar-refractivity contribution in [3.05, 3.63) is 59.2 Å². The number of benzene rings is 2. The first-order valence-electron chi connectivity index (χ1n) is 5.27. The lowest BCUT2D eigenvalue weighted by Gasteiger charge is -2.00. The number of rotatable bonds is 1. The summed E-state index contributed by atoms with van der Waals surface area (Å²) in [5.74, 6) is 0. The molecule has 0 aliphatic heterocycles. The average Bonchev–Trinajstić information content (AvgIpc) is 2.67. The van der Waals surface area contributed by atoms with Gasteiger partial charge in [0.2, 0.25) is 0 Å². The molecule has 0 fully saturated rings. The molecule has 0 heterocycles. The molecule has 0 radical (unpaired) electrons. The second-order valence-corrected chi connectivity index (χ2v) is 4.00. The first kappa shape index (κ1) is 9.16. The summed E-state index contributed by atoms with van der Waals surface area (Å²) in [7, 11) is 0. The van der Waals surface area contributed by atoms with E-state index in [9.17, 15) is 0 Å². The van der Waals surface area contributed by atoms with E-state index in [0.29, 0.717) is 0 Å². The van der Waals surface area contributed by atoms with Crippen LogP contribution in [0, 0.1) is 0 Å². The molecule has 1 N–H and O–H groups in total. The Labute approximate surface area is 93.9 Å². The van der Waals surface area contributed by atoms with Gasteiger partial charge < -0.3 is 5.21 Å².